The molecule has 9 heteroatoms. The Kier molecular flexibility index (Phi) is 7.61. The van der Waals surface area contributed by atoms with Crippen LogP contribution in [0.15, 0.2) is 9.21 Å². The van der Waals surface area contributed by atoms with E-state index in [2.05, 4.69) is 56.5 Å². The van der Waals surface area contributed by atoms with Crippen LogP contribution < -0.4 is 0 Å². The van der Waals surface area contributed by atoms with Gasteiger partial charge < -0.3 is 4.74 Å². The number of hydrogen-bond acceptors (Lipinski definition) is 2. The number of alkyl halides is 3. The molecule has 0 amide bonds. The van der Waals surface area contributed by atoms with E-state index in [1.54, 1.807) is 4.57 Å². The molecule has 22 heavy (non-hydrogen) atoms. The predicted molar refractivity (Wildman–Crippen MR) is 90.7 cm³/mol. The molecule has 0 bridgehead atoms. The van der Waals surface area contributed by atoms with Crippen molar-refractivity contribution in [3.63, 3.8) is 0 Å². The average Bonchev–Trinajstić information content (AvgIpc) is 2.59. The van der Waals surface area contributed by atoms with E-state index in [0.29, 0.717) is 28.4 Å². The van der Waals surface area contributed by atoms with E-state index in [-0.39, 0.29) is 12.8 Å². The molecule has 1 aromatic heterocycles. The maximum absolute atomic E-state index is 12.2. The molecule has 1 heterocycles. The van der Waals surface area contributed by atoms with Gasteiger partial charge in [0.1, 0.15) is 21.8 Å². The van der Waals surface area contributed by atoms with E-state index in [9.17, 15) is 13.2 Å². The minimum absolute atomic E-state index is 0.0221. The van der Waals surface area contributed by atoms with Gasteiger partial charge in [0, 0.05) is 27.5 Å². The van der Waals surface area contributed by atoms with Crippen LogP contribution in [0.25, 0.3) is 0 Å². The summed E-state index contributed by atoms with van der Waals surface area (Å²) in [7, 11) is -1.16. The van der Waals surface area contributed by atoms with Gasteiger partial charge in [-0.05, 0) is 44.3 Å². The molecule has 0 aliphatic heterocycles. The van der Waals surface area contributed by atoms with Crippen LogP contribution in [0, 0.1) is 0 Å². The molecule has 1 aromatic rings. The third-order valence-electron chi connectivity index (χ3n) is 3.02. The zero-order valence-electron chi connectivity index (χ0n) is 12.9. The Balaban J connectivity index is 2.57. The highest BCUT2D eigenvalue weighted by Crippen LogP contribution is 2.27. The van der Waals surface area contributed by atoms with Crippen LogP contribution in [0.5, 0.6) is 0 Å². The molecule has 0 spiro atoms. The van der Waals surface area contributed by atoms with Crippen LogP contribution in [-0.2, 0) is 17.9 Å². The Labute approximate surface area is 146 Å². The third-order valence-corrected chi connectivity index (χ3v) is 6.62. The molecule has 1 rings (SSSR count). The van der Waals surface area contributed by atoms with Crippen LogP contribution in [0.4, 0.5) is 13.2 Å². The van der Waals surface area contributed by atoms with Crippen LogP contribution in [0.3, 0.4) is 0 Å². The lowest BCUT2D eigenvalue weighted by atomic mass is 10.2. The standard InChI is InChI=1S/C13H21Br2F3N2OSi/c1-22(2,3)8-7-21-9-20-10(19-11(14)12(20)15)5-4-6-13(16,17)18/h4-9H2,1-3H3. The maximum atomic E-state index is 12.2. The van der Waals surface area contributed by atoms with Crippen molar-refractivity contribution >= 4 is 39.9 Å². The van der Waals surface area contributed by atoms with Crippen molar-refractivity contribution in [3.8, 4) is 0 Å². The molecule has 3 nitrogen and oxygen atoms in total. The number of nitrogens with zero attached hydrogens (tertiary/aromatic N) is 2. The average molecular weight is 466 g/mol. The van der Waals surface area contributed by atoms with Crippen molar-refractivity contribution in [2.45, 2.75) is 57.9 Å². The Bertz CT molecular complexity index is 487. The summed E-state index contributed by atoms with van der Waals surface area (Å²) < 4.78 is 45.4. The van der Waals surface area contributed by atoms with E-state index in [1.807, 2.05) is 0 Å². The van der Waals surface area contributed by atoms with Crippen molar-refractivity contribution in [1.82, 2.24) is 9.55 Å². The van der Waals surface area contributed by atoms with Gasteiger partial charge in [0.2, 0.25) is 0 Å². The molecule has 0 saturated heterocycles. The molecular weight excluding hydrogens is 445 g/mol. The van der Waals surface area contributed by atoms with Gasteiger partial charge in [0.15, 0.2) is 0 Å². The molecule has 0 aliphatic carbocycles. The quantitative estimate of drug-likeness (QED) is 0.368. The largest absolute Gasteiger partial charge is 0.389 e. The van der Waals surface area contributed by atoms with Gasteiger partial charge in [-0.3, -0.25) is 4.57 Å². The highest BCUT2D eigenvalue weighted by Gasteiger charge is 2.26. The van der Waals surface area contributed by atoms with E-state index in [1.165, 1.54) is 0 Å². The van der Waals surface area contributed by atoms with E-state index >= 15 is 0 Å². The third kappa shape index (κ3) is 7.61. The van der Waals surface area contributed by atoms with Crippen molar-refractivity contribution in [1.29, 1.82) is 0 Å². The number of aryl methyl sites for hydroxylation is 1. The van der Waals surface area contributed by atoms with E-state index in [0.717, 1.165) is 6.04 Å². The molecule has 128 valence electrons. The number of halogens is 5. The highest BCUT2D eigenvalue weighted by atomic mass is 79.9. The molecule has 0 aliphatic rings. The van der Waals surface area contributed by atoms with Crippen LogP contribution in [-0.4, -0.2) is 30.4 Å². The Morgan fingerprint density at radius 2 is 1.86 bits per heavy atom. The van der Waals surface area contributed by atoms with Gasteiger partial charge in [0.05, 0.1) is 0 Å². The molecule has 0 saturated carbocycles. The summed E-state index contributed by atoms with van der Waals surface area (Å²) >= 11 is 6.67. The normalized spacial score (nSPS) is 12.9. The molecule has 0 aromatic carbocycles. The fourth-order valence-electron chi connectivity index (χ4n) is 1.75. The molecule has 0 fully saturated rings. The lowest BCUT2D eigenvalue weighted by Gasteiger charge is -2.16. The van der Waals surface area contributed by atoms with Crippen molar-refractivity contribution < 1.29 is 17.9 Å². The minimum atomic E-state index is -4.13. The van der Waals surface area contributed by atoms with Gasteiger partial charge >= 0.3 is 6.18 Å². The van der Waals surface area contributed by atoms with Crippen LogP contribution in [0.2, 0.25) is 25.7 Å². The maximum Gasteiger partial charge on any atom is 0.389 e. The number of rotatable bonds is 8. The zero-order chi connectivity index (χ0) is 17.0. The molecule has 0 unspecified atom stereocenters. The van der Waals surface area contributed by atoms with Crippen LogP contribution >= 0.6 is 31.9 Å². The first-order valence-electron chi connectivity index (χ1n) is 7.04. The summed E-state index contributed by atoms with van der Waals surface area (Å²) in [5, 5.41) is 0. The smallest absolute Gasteiger partial charge is 0.361 e. The number of imidazole rings is 1. The first kappa shape index (κ1) is 20.2. The van der Waals surface area contributed by atoms with Crippen molar-refractivity contribution in [2.75, 3.05) is 6.61 Å². The highest BCUT2D eigenvalue weighted by molar-refractivity contribution is 9.13. The van der Waals surface area contributed by atoms with E-state index in [4.69, 9.17) is 4.74 Å². The second-order valence-corrected chi connectivity index (χ2v) is 13.5. The molecule has 0 radical (unpaired) electrons. The van der Waals surface area contributed by atoms with E-state index < -0.39 is 20.7 Å². The Hall–Kier alpha value is 0.137. The van der Waals surface area contributed by atoms with Gasteiger partial charge in [-0.2, -0.15) is 13.2 Å². The minimum Gasteiger partial charge on any atom is -0.361 e. The summed E-state index contributed by atoms with van der Waals surface area (Å²) in [4.78, 5) is 4.25. The summed E-state index contributed by atoms with van der Waals surface area (Å²) in [5.74, 6) is 0.594. The summed E-state index contributed by atoms with van der Waals surface area (Å²) in [6, 6.07) is 1.05. The molecule has 0 atom stereocenters. The predicted octanol–water partition coefficient (Wildman–Crippen LogP) is 5.61. The fraction of sp³-hybridized carbons (Fsp3) is 0.769. The summed E-state index contributed by atoms with van der Waals surface area (Å²) in [5.41, 5.74) is 0. The first-order valence-corrected chi connectivity index (χ1v) is 12.3. The second kappa shape index (κ2) is 8.30. The monoisotopic (exact) mass is 464 g/mol. The van der Waals surface area contributed by atoms with Gasteiger partial charge in [-0.1, -0.05) is 19.6 Å². The van der Waals surface area contributed by atoms with Gasteiger partial charge in [-0.15, -0.1) is 0 Å². The summed E-state index contributed by atoms with van der Waals surface area (Å²) in [6.45, 7) is 7.75. The Morgan fingerprint density at radius 3 is 2.41 bits per heavy atom. The van der Waals surface area contributed by atoms with Crippen molar-refractivity contribution in [2.24, 2.45) is 0 Å². The van der Waals surface area contributed by atoms with Crippen molar-refractivity contribution in [3.05, 3.63) is 15.0 Å². The lowest BCUT2D eigenvalue weighted by molar-refractivity contribution is -0.135. The van der Waals surface area contributed by atoms with Crippen LogP contribution in [0.1, 0.15) is 18.7 Å². The fourth-order valence-corrected chi connectivity index (χ4v) is 3.32. The number of ether oxygens (including phenoxy) is 1. The lowest BCUT2D eigenvalue weighted by Crippen LogP contribution is -2.22. The number of hydrogen-bond donors (Lipinski definition) is 0. The first-order chi connectivity index (χ1) is 9.99. The number of aromatic nitrogens is 2. The molecule has 0 N–H and O–H groups in total. The second-order valence-electron chi connectivity index (χ2n) is 6.35. The zero-order valence-corrected chi connectivity index (χ0v) is 17.1. The van der Waals surface area contributed by atoms with Gasteiger partial charge in [-0.25, -0.2) is 4.98 Å². The molecular formula is C13H21Br2F3N2OSi. The topological polar surface area (TPSA) is 27.1 Å². The SMILES string of the molecule is C[Si](C)(C)CCOCn1c(CCCC(F)(F)F)nc(Br)c1Br. The Morgan fingerprint density at radius 1 is 1.23 bits per heavy atom. The van der Waals surface area contributed by atoms with Gasteiger partial charge in [0.25, 0.3) is 0 Å². The summed E-state index contributed by atoms with van der Waals surface area (Å²) in [6.07, 6.45) is -4.64.